The Morgan fingerprint density at radius 3 is 2.70 bits per heavy atom. The minimum Gasteiger partial charge on any atom is -0.346 e. The number of aryl methyl sites for hydroxylation is 1. The summed E-state index contributed by atoms with van der Waals surface area (Å²) in [4.78, 5) is 8.46. The van der Waals surface area contributed by atoms with Gasteiger partial charge in [0, 0.05) is 25.1 Å². The van der Waals surface area contributed by atoms with E-state index < -0.39 is 0 Å². The Morgan fingerprint density at radius 1 is 1.10 bits per heavy atom. The van der Waals surface area contributed by atoms with Crippen LogP contribution in [-0.2, 0) is 0 Å². The first-order valence-corrected chi connectivity index (χ1v) is 7.73. The Kier molecular flexibility index (Phi) is 5.90. The molecule has 2 radical (unpaired) electrons. The zero-order chi connectivity index (χ0) is 14.2. The van der Waals surface area contributed by atoms with E-state index in [-0.39, 0.29) is 0 Å². The number of hydrogen-bond acceptors (Lipinski definition) is 3. The first kappa shape index (κ1) is 14.9. The van der Waals surface area contributed by atoms with Crippen LogP contribution in [-0.4, -0.2) is 16.4 Å². The number of rotatable bonds is 8. The van der Waals surface area contributed by atoms with Crippen LogP contribution in [0.3, 0.4) is 0 Å². The van der Waals surface area contributed by atoms with E-state index >= 15 is 0 Å². The van der Waals surface area contributed by atoms with Gasteiger partial charge in [0.05, 0.1) is 0 Å². The zero-order valence-corrected chi connectivity index (χ0v) is 12.7. The summed E-state index contributed by atoms with van der Waals surface area (Å²) in [5.41, 5.74) is 1.22. The van der Waals surface area contributed by atoms with Gasteiger partial charge in [0.15, 0.2) is 0 Å². The van der Waals surface area contributed by atoms with Crippen LogP contribution in [0.1, 0.15) is 51.0 Å². The summed E-state index contributed by atoms with van der Waals surface area (Å²) in [6.07, 6.45) is 13.9. The van der Waals surface area contributed by atoms with Gasteiger partial charge in [-0.3, -0.25) is 4.90 Å². The Bertz CT molecular complexity index is 428. The standard InChI is InChI=1S/C17H25N3/c1-3-4-5-6-7-8-11-19-12-13-20(15-19)17-14-16(2)9-10-18-17/h9-10,12-14H,3-8,11H2,1-2H3. The minimum absolute atomic E-state index is 0.937. The second kappa shape index (κ2) is 7.93. The molecular weight excluding hydrogens is 246 g/mol. The van der Waals surface area contributed by atoms with Crippen molar-refractivity contribution in [3.8, 4) is 0 Å². The fraction of sp³-hybridized carbons (Fsp3) is 0.529. The summed E-state index contributed by atoms with van der Waals surface area (Å²) >= 11 is 0. The maximum absolute atomic E-state index is 4.37. The molecule has 1 aromatic rings. The van der Waals surface area contributed by atoms with Gasteiger partial charge in [0.1, 0.15) is 5.82 Å². The van der Waals surface area contributed by atoms with Crippen LogP contribution < -0.4 is 4.90 Å². The molecule has 0 fully saturated rings. The fourth-order valence-corrected chi connectivity index (χ4v) is 2.32. The second-order valence-electron chi connectivity index (χ2n) is 5.42. The van der Waals surface area contributed by atoms with Gasteiger partial charge in [-0.05, 0) is 31.0 Å². The molecular formula is C17H25N3. The molecule has 1 aliphatic rings. The highest BCUT2D eigenvalue weighted by Gasteiger charge is 2.16. The number of hydrogen-bond donors (Lipinski definition) is 0. The normalized spacial score (nSPS) is 14.3. The van der Waals surface area contributed by atoms with Crippen molar-refractivity contribution in [1.82, 2.24) is 9.88 Å². The zero-order valence-electron chi connectivity index (χ0n) is 12.7. The van der Waals surface area contributed by atoms with E-state index in [4.69, 9.17) is 0 Å². The Hall–Kier alpha value is -1.51. The molecule has 0 spiro atoms. The van der Waals surface area contributed by atoms with E-state index in [2.05, 4.69) is 42.7 Å². The summed E-state index contributed by atoms with van der Waals surface area (Å²) in [5.74, 6) is 0.937. The van der Waals surface area contributed by atoms with Crippen LogP contribution in [0.4, 0.5) is 5.82 Å². The van der Waals surface area contributed by atoms with Gasteiger partial charge in [-0.15, -0.1) is 0 Å². The van der Waals surface area contributed by atoms with Crippen LogP contribution in [0.5, 0.6) is 0 Å². The quantitative estimate of drug-likeness (QED) is 0.656. The average Bonchev–Trinajstić information content (AvgIpc) is 2.91. The molecule has 3 heteroatoms. The van der Waals surface area contributed by atoms with E-state index in [1.165, 1.54) is 44.1 Å². The van der Waals surface area contributed by atoms with Crippen LogP contribution in [0.15, 0.2) is 30.7 Å². The Labute approximate surface area is 123 Å². The van der Waals surface area contributed by atoms with Crippen molar-refractivity contribution in [2.45, 2.75) is 52.4 Å². The molecule has 20 heavy (non-hydrogen) atoms. The largest absolute Gasteiger partial charge is 0.346 e. The Balaban J connectivity index is 1.67. The first-order chi connectivity index (χ1) is 9.79. The van der Waals surface area contributed by atoms with E-state index in [9.17, 15) is 0 Å². The summed E-state index contributed by atoms with van der Waals surface area (Å²) in [6.45, 7) is 8.72. The van der Waals surface area contributed by atoms with Gasteiger partial charge in [0.25, 0.3) is 0 Å². The number of anilines is 1. The van der Waals surface area contributed by atoms with Crippen molar-refractivity contribution >= 4 is 5.82 Å². The lowest BCUT2D eigenvalue weighted by molar-refractivity contribution is 0.438. The number of aromatic nitrogens is 1. The van der Waals surface area contributed by atoms with Crippen molar-refractivity contribution in [1.29, 1.82) is 0 Å². The summed E-state index contributed by atoms with van der Waals surface area (Å²) in [6, 6.07) is 4.09. The van der Waals surface area contributed by atoms with Gasteiger partial charge in [-0.2, -0.15) is 0 Å². The number of unbranched alkanes of at least 4 members (excludes halogenated alkanes) is 5. The molecule has 2 heterocycles. The SMILES string of the molecule is CCCCCCCCN1[C]N(c2cc(C)ccn2)C=C1. The third kappa shape index (κ3) is 4.55. The topological polar surface area (TPSA) is 19.4 Å². The average molecular weight is 271 g/mol. The highest BCUT2D eigenvalue weighted by molar-refractivity contribution is 5.47. The van der Waals surface area contributed by atoms with E-state index in [1.807, 2.05) is 23.4 Å². The van der Waals surface area contributed by atoms with Gasteiger partial charge in [-0.1, -0.05) is 39.0 Å². The predicted octanol–water partition coefficient (Wildman–Crippen LogP) is 4.34. The van der Waals surface area contributed by atoms with Crippen molar-refractivity contribution in [2.75, 3.05) is 11.4 Å². The van der Waals surface area contributed by atoms with Crippen molar-refractivity contribution in [2.24, 2.45) is 0 Å². The molecule has 0 aliphatic carbocycles. The molecule has 0 N–H and O–H groups in total. The first-order valence-electron chi connectivity index (χ1n) is 7.73. The van der Waals surface area contributed by atoms with Gasteiger partial charge in [-0.25, -0.2) is 4.98 Å². The maximum atomic E-state index is 4.37. The van der Waals surface area contributed by atoms with Gasteiger partial charge < -0.3 is 4.90 Å². The third-order valence-corrected chi connectivity index (χ3v) is 3.53. The molecule has 0 bridgehead atoms. The highest BCUT2D eigenvalue weighted by Crippen LogP contribution is 2.21. The van der Waals surface area contributed by atoms with Crippen molar-refractivity contribution < 1.29 is 0 Å². The predicted molar refractivity (Wildman–Crippen MR) is 83.9 cm³/mol. The lowest BCUT2D eigenvalue weighted by Gasteiger charge is -2.18. The van der Waals surface area contributed by atoms with Crippen LogP contribution in [0.25, 0.3) is 0 Å². The second-order valence-corrected chi connectivity index (χ2v) is 5.42. The molecule has 0 aromatic carbocycles. The number of pyridine rings is 1. The highest BCUT2D eigenvalue weighted by atomic mass is 15.4. The smallest absolute Gasteiger partial charge is 0.214 e. The molecule has 0 saturated heterocycles. The lowest BCUT2D eigenvalue weighted by Crippen LogP contribution is -2.20. The van der Waals surface area contributed by atoms with Gasteiger partial charge >= 0.3 is 0 Å². The van der Waals surface area contributed by atoms with E-state index in [0.717, 1.165) is 12.4 Å². The lowest BCUT2D eigenvalue weighted by atomic mass is 10.1. The minimum atomic E-state index is 0.937. The van der Waals surface area contributed by atoms with Crippen molar-refractivity contribution in [3.05, 3.63) is 43.0 Å². The van der Waals surface area contributed by atoms with Crippen molar-refractivity contribution in [3.63, 3.8) is 0 Å². The summed E-state index contributed by atoms with van der Waals surface area (Å²) < 4.78 is 0. The van der Waals surface area contributed by atoms with E-state index in [0.29, 0.717) is 0 Å². The molecule has 0 saturated carbocycles. The van der Waals surface area contributed by atoms with Crippen LogP contribution in [0, 0.1) is 13.6 Å². The molecule has 1 aromatic heterocycles. The molecule has 2 rings (SSSR count). The fourth-order valence-electron chi connectivity index (χ4n) is 2.32. The third-order valence-electron chi connectivity index (χ3n) is 3.53. The summed E-state index contributed by atoms with van der Waals surface area (Å²) in [5, 5.41) is 0. The number of nitrogens with zero attached hydrogens (tertiary/aromatic N) is 3. The van der Waals surface area contributed by atoms with Crippen LogP contribution >= 0.6 is 0 Å². The van der Waals surface area contributed by atoms with Crippen LogP contribution in [0.2, 0.25) is 0 Å². The maximum Gasteiger partial charge on any atom is 0.214 e. The van der Waals surface area contributed by atoms with E-state index in [1.54, 1.807) is 0 Å². The molecule has 0 atom stereocenters. The molecule has 0 amide bonds. The summed E-state index contributed by atoms with van der Waals surface area (Å²) in [7, 11) is 0. The Morgan fingerprint density at radius 2 is 1.90 bits per heavy atom. The van der Waals surface area contributed by atoms with Gasteiger partial charge in [0.2, 0.25) is 6.67 Å². The molecule has 3 nitrogen and oxygen atoms in total. The molecule has 108 valence electrons. The molecule has 1 aliphatic heterocycles. The monoisotopic (exact) mass is 271 g/mol. The molecule has 0 unspecified atom stereocenters.